The molecule has 0 heterocycles. The lowest BCUT2D eigenvalue weighted by Crippen LogP contribution is -2.36. The molecule has 0 aliphatic rings. The van der Waals surface area contributed by atoms with Crippen LogP contribution in [-0.2, 0) is 4.79 Å². The maximum Gasteiger partial charge on any atom is 0.219 e. The van der Waals surface area contributed by atoms with Crippen LogP contribution in [0, 0.1) is 0 Å². The zero-order valence-corrected chi connectivity index (χ0v) is 18.0. The number of hydrogen-bond acceptors (Lipinski definition) is 3. The minimum Gasteiger partial charge on any atom is -0.356 e. The second kappa shape index (κ2) is 18.9. The minimum atomic E-state index is 0.222. The zero-order chi connectivity index (χ0) is 19.5. The molecule has 0 saturated heterocycles. The van der Waals surface area contributed by atoms with Gasteiger partial charge in [-0.25, -0.2) is 0 Å². The summed E-state index contributed by atoms with van der Waals surface area (Å²) in [5, 5.41) is 6.56. The highest BCUT2D eigenvalue weighted by Crippen LogP contribution is 2.10. The summed E-state index contributed by atoms with van der Waals surface area (Å²) in [6, 6.07) is 0.812. The van der Waals surface area contributed by atoms with Gasteiger partial charge in [-0.05, 0) is 25.7 Å². The SMILES string of the molecule is CCCCCCCCCCCC(=O)NCCCCC(C=NC)NC(C)C. The van der Waals surface area contributed by atoms with Crippen LogP contribution in [0.5, 0.6) is 0 Å². The van der Waals surface area contributed by atoms with Gasteiger partial charge in [0.05, 0.1) is 0 Å². The summed E-state index contributed by atoms with van der Waals surface area (Å²) >= 11 is 0. The topological polar surface area (TPSA) is 53.5 Å². The third-order valence-electron chi connectivity index (χ3n) is 4.65. The molecule has 0 fully saturated rings. The predicted molar refractivity (Wildman–Crippen MR) is 115 cm³/mol. The molecule has 0 spiro atoms. The molecule has 1 unspecified atom stereocenters. The first-order chi connectivity index (χ1) is 12.6. The van der Waals surface area contributed by atoms with Gasteiger partial charge in [0.1, 0.15) is 0 Å². The molecule has 0 aliphatic heterocycles. The van der Waals surface area contributed by atoms with Crippen molar-refractivity contribution in [3.05, 3.63) is 0 Å². The molecule has 4 nitrogen and oxygen atoms in total. The summed E-state index contributed by atoms with van der Waals surface area (Å²) in [6.07, 6.45) is 17.6. The molecule has 0 bridgehead atoms. The highest BCUT2D eigenvalue weighted by atomic mass is 16.1. The number of hydrogen-bond donors (Lipinski definition) is 2. The molecular formula is C22H45N3O. The molecule has 0 saturated carbocycles. The van der Waals surface area contributed by atoms with E-state index in [1.165, 1.54) is 51.4 Å². The van der Waals surface area contributed by atoms with E-state index in [4.69, 9.17) is 0 Å². The molecular weight excluding hydrogens is 322 g/mol. The fraction of sp³-hybridized carbons (Fsp3) is 0.909. The highest BCUT2D eigenvalue weighted by Gasteiger charge is 2.06. The summed E-state index contributed by atoms with van der Waals surface area (Å²) in [5.74, 6) is 0.222. The maximum atomic E-state index is 11.9. The zero-order valence-electron chi connectivity index (χ0n) is 18.0. The Kier molecular flexibility index (Phi) is 18.2. The van der Waals surface area contributed by atoms with Crippen LogP contribution in [0.2, 0.25) is 0 Å². The van der Waals surface area contributed by atoms with Crippen LogP contribution >= 0.6 is 0 Å². The van der Waals surface area contributed by atoms with Gasteiger partial charge in [0.15, 0.2) is 0 Å². The van der Waals surface area contributed by atoms with E-state index in [-0.39, 0.29) is 5.91 Å². The molecule has 0 aromatic heterocycles. The van der Waals surface area contributed by atoms with Crippen LogP contribution in [0.15, 0.2) is 4.99 Å². The Morgan fingerprint density at radius 1 is 0.923 bits per heavy atom. The number of aliphatic imine (C=N–C) groups is 1. The van der Waals surface area contributed by atoms with Crippen LogP contribution in [0.25, 0.3) is 0 Å². The Labute approximate surface area is 163 Å². The van der Waals surface area contributed by atoms with E-state index in [0.29, 0.717) is 18.5 Å². The van der Waals surface area contributed by atoms with Crippen molar-refractivity contribution in [3.63, 3.8) is 0 Å². The first-order valence-corrected chi connectivity index (χ1v) is 11.0. The van der Waals surface area contributed by atoms with E-state index in [2.05, 4.69) is 36.4 Å². The Balaban J connectivity index is 3.46. The quantitative estimate of drug-likeness (QED) is 0.256. The number of nitrogens with zero attached hydrogens (tertiary/aromatic N) is 1. The van der Waals surface area contributed by atoms with Crippen LogP contribution < -0.4 is 10.6 Å². The lowest BCUT2D eigenvalue weighted by Gasteiger charge is -2.17. The molecule has 1 atom stereocenters. The average molecular weight is 368 g/mol. The number of carbonyl (C=O) groups excluding carboxylic acids is 1. The fourth-order valence-electron chi connectivity index (χ4n) is 3.21. The summed E-state index contributed by atoms with van der Waals surface area (Å²) in [4.78, 5) is 16.0. The normalized spacial score (nSPS) is 12.8. The summed E-state index contributed by atoms with van der Waals surface area (Å²) in [7, 11) is 1.82. The smallest absolute Gasteiger partial charge is 0.219 e. The fourth-order valence-corrected chi connectivity index (χ4v) is 3.21. The lowest BCUT2D eigenvalue weighted by atomic mass is 10.1. The first kappa shape index (κ1) is 25.1. The standard InChI is InChI=1S/C22H45N3O/c1-5-6-7-8-9-10-11-12-13-17-22(26)24-18-15-14-16-21(19-23-4)25-20(2)3/h19-21,25H,5-18H2,1-4H3,(H,24,26). The lowest BCUT2D eigenvalue weighted by molar-refractivity contribution is -0.121. The van der Waals surface area contributed by atoms with Gasteiger partial charge in [-0.1, -0.05) is 72.1 Å². The van der Waals surface area contributed by atoms with Crippen molar-refractivity contribution in [3.8, 4) is 0 Å². The van der Waals surface area contributed by atoms with Crippen molar-refractivity contribution >= 4 is 12.1 Å². The minimum absolute atomic E-state index is 0.222. The number of amides is 1. The molecule has 0 rings (SSSR count). The summed E-state index contributed by atoms with van der Waals surface area (Å²) in [6.45, 7) is 7.37. The van der Waals surface area contributed by atoms with Gasteiger partial charge < -0.3 is 10.6 Å². The molecule has 0 aliphatic carbocycles. The van der Waals surface area contributed by atoms with Crippen molar-refractivity contribution < 1.29 is 4.79 Å². The van der Waals surface area contributed by atoms with Gasteiger partial charge in [-0.3, -0.25) is 9.79 Å². The van der Waals surface area contributed by atoms with E-state index in [1.807, 2.05) is 13.3 Å². The average Bonchev–Trinajstić information content (AvgIpc) is 2.59. The number of rotatable bonds is 18. The van der Waals surface area contributed by atoms with Crippen LogP contribution in [0.4, 0.5) is 0 Å². The molecule has 0 aromatic rings. The van der Waals surface area contributed by atoms with E-state index >= 15 is 0 Å². The van der Waals surface area contributed by atoms with Gasteiger partial charge in [-0.15, -0.1) is 0 Å². The van der Waals surface area contributed by atoms with Crippen molar-refractivity contribution in [2.24, 2.45) is 4.99 Å². The van der Waals surface area contributed by atoms with Crippen LogP contribution in [-0.4, -0.2) is 37.8 Å². The molecule has 2 N–H and O–H groups in total. The molecule has 0 radical (unpaired) electrons. The van der Waals surface area contributed by atoms with Crippen LogP contribution in [0.3, 0.4) is 0 Å². The molecule has 26 heavy (non-hydrogen) atoms. The van der Waals surface area contributed by atoms with Gasteiger partial charge in [0, 0.05) is 38.3 Å². The van der Waals surface area contributed by atoms with Gasteiger partial charge in [0.2, 0.25) is 5.91 Å². The second-order valence-electron chi connectivity index (χ2n) is 7.76. The number of carbonyl (C=O) groups is 1. The molecule has 154 valence electrons. The third-order valence-corrected chi connectivity index (χ3v) is 4.65. The van der Waals surface area contributed by atoms with Crippen molar-refractivity contribution in [2.75, 3.05) is 13.6 Å². The first-order valence-electron chi connectivity index (χ1n) is 11.0. The van der Waals surface area contributed by atoms with Gasteiger partial charge >= 0.3 is 0 Å². The summed E-state index contributed by atoms with van der Waals surface area (Å²) < 4.78 is 0. The van der Waals surface area contributed by atoms with E-state index in [9.17, 15) is 4.79 Å². The largest absolute Gasteiger partial charge is 0.356 e. The van der Waals surface area contributed by atoms with Crippen LogP contribution in [0.1, 0.15) is 104 Å². The highest BCUT2D eigenvalue weighted by molar-refractivity contribution is 5.75. The van der Waals surface area contributed by atoms with E-state index < -0.39 is 0 Å². The van der Waals surface area contributed by atoms with Crippen molar-refractivity contribution in [1.82, 2.24) is 10.6 Å². The third kappa shape index (κ3) is 17.9. The monoisotopic (exact) mass is 367 g/mol. The molecule has 1 amide bonds. The molecule has 0 aromatic carbocycles. The number of nitrogens with one attached hydrogen (secondary N) is 2. The summed E-state index contributed by atoms with van der Waals surface area (Å²) in [5.41, 5.74) is 0. The molecule has 4 heteroatoms. The second-order valence-corrected chi connectivity index (χ2v) is 7.76. The Hall–Kier alpha value is -0.900. The maximum absolute atomic E-state index is 11.9. The number of unbranched alkanes of at least 4 members (excludes halogenated alkanes) is 9. The Morgan fingerprint density at radius 2 is 1.54 bits per heavy atom. The van der Waals surface area contributed by atoms with E-state index in [1.54, 1.807) is 0 Å². The predicted octanol–water partition coefficient (Wildman–Crippen LogP) is 5.26. The Morgan fingerprint density at radius 3 is 2.12 bits per heavy atom. The van der Waals surface area contributed by atoms with Gasteiger partial charge in [0.25, 0.3) is 0 Å². The Bertz CT molecular complexity index is 342. The van der Waals surface area contributed by atoms with Crippen molar-refractivity contribution in [2.45, 2.75) is 116 Å². The van der Waals surface area contributed by atoms with Crippen molar-refractivity contribution in [1.29, 1.82) is 0 Å². The van der Waals surface area contributed by atoms with Gasteiger partial charge in [-0.2, -0.15) is 0 Å². The van der Waals surface area contributed by atoms with E-state index in [0.717, 1.165) is 32.2 Å².